The van der Waals surface area contributed by atoms with E-state index in [1.165, 1.54) is 11.8 Å². The van der Waals surface area contributed by atoms with E-state index in [0.717, 1.165) is 22.4 Å². The van der Waals surface area contributed by atoms with Crippen molar-refractivity contribution < 1.29 is 9.59 Å². The molecule has 0 aromatic heterocycles. The Morgan fingerprint density at radius 3 is 2.07 bits per heavy atom. The van der Waals surface area contributed by atoms with Crippen molar-refractivity contribution in [2.45, 2.75) is 6.92 Å². The van der Waals surface area contributed by atoms with E-state index in [4.69, 9.17) is 0 Å². The van der Waals surface area contributed by atoms with Crippen LogP contribution in [-0.4, -0.2) is 23.2 Å². The van der Waals surface area contributed by atoms with E-state index in [2.05, 4.69) is 5.32 Å². The van der Waals surface area contributed by atoms with Gasteiger partial charge in [0.15, 0.2) is 5.78 Å². The van der Waals surface area contributed by atoms with E-state index in [1.807, 2.05) is 85.8 Å². The molecule has 4 heteroatoms. The van der Waals surface area contributed by atoms with Crippen LogP contribution in [0, 0.1) is 6.92 Å². The summed E-state index contributed by atoms with van der Waals surface area (Å²) in [6.07, 6.45) is 0. The van der Waals surface area contributed by atoms with Crippen molar-refractivity contribution in [2.24, 2.45) is 0 Å². The number of ketones is 1. The molecule has 1 N–H and O–H groups in total. The van der Waals surface area contributed by atoms with E-state index in [9.17, 15) is 9.59 Å². The van der Waals surface area contributed by atoms with Gasteiger partial charge >= 0.3 is 0 Å². The summed E-state index contributed by atoms with van der Waals surface area (Å²) in [5, 5.41) is 2.84. The molecule has 3 nitrogen and oxygen atoms in total. The van der Waals surface area contributed by atoms with Crippen LogP contribution in [0.25, 0.3) is 11.1 Å². The normalized spacial score (nSPS) is 10.4. The van der Waals surface area contributed by atoms with E-state index < -0.39 is 0 Å². The number of hydrogen-bond acceptors (Lipinski definition) is 3. The zero-order valence-electron chi connectivity index (χ0n) is 15.1. The molecule has 3 rings (SSSR count). The second-order valence-electron chi connectivity index (χ2n) is 6.27. The number of aryl methyl sites for hydroxylation is 1. The second-order valence-corrected chi connectivity index (χ2v) is 7.26. The maximum absolute atomic E-state index is 12.3. The lowest BCUT2D eigenvalue weighted by Gasteiger charge is -2.06. The molecule has 1 amide bonds. The average molecular weight is 375 g/mol. The summed E-state index contributed by atoms with van der Waals surface area (Å²) in [5.41, 5.74) is 4.79. The highest BCUT2D eigenvalue weighted by molar-refractivity contribution is 8.00. The Bertz CT molecular complexity index is 903. The van der Waals surface area contributed by atoms with Gasteiger partial charge in [-0.15, -0.1) is 11.8 Å². The maximum Gasteiger partial charge on any atom is 0.234 e. The number of nitrogens with one attached hydrogen (secondary N) is 1. The fourth-order valence-corrected chi connectivity index (χ4v) is 3.34. The molecular formula is C23H21NO2S. The van der Waals surface area contributed by atoms with Crippen molar-refractivity contribution in [1.82, 2.24) is 0 Å². The average Bonchev–Trinajstić information content (AvgIpc) is 2.70. The van der Waals surface area contributed by atoms with Gasteiger partial charge in [0.05, 0.1) is 11.5 Å². The quantitative estimate of drug-likeness (QED) is 0.576. The number of carbonyl (C=O) groups excluding carboxylic acids is 2. The van der Waals surface area contributed by atoms with Crippen LogP contribution in [0.2, 0.25) is 0 Å². The van der Waals surface area contributed by atoms with Crippen molar-refractivity contribution in [3.8, 4) is 11.1 Å². The molecule has 0 saturated carbocycles. The lowest BCUT2D eigenvalue weighted by molar-refractivity contribution is -0.113. The number of Topliss-reactive ketones (excluding diaryl/α,β-unsaturated/α-hetero) is 1. The number of rotatable bonds is 7. The maximum atomic E-state index is 12.3. The minimum absolute atomic E-state index is 0.0303. The third kappa shape index (κ3) is 5.56. The first-order valence-electron chi connectivity index (χ1n) is 8.75. The highest BCUT2D eigenvalue weighted by atomic mass is 32.2. The molecule has 0 heterocycles. The lowest BCUT2D eigenvalue weighted by Crippen LogP contribution is -2.15. The van der Waals surface area contributed by atoms with E-state index in [0.29, 0.717) is 5.56 Å². The van der Waals surface area contributed by atoms with Crippen molar-refractivity contribution in [3.63, 3.8) is 0 Å². The fourth-order valence-electron chi connectivity index (χ4n) is 2.63. The Balaban J connectivity index is 1.47. The third-order valence-corrected chi connectivity index (χ3v) is 5.05. The monoisotopic (exact) mass is 375 g/mol. The molecule has 0 atom stereocenters. The van der Waals surface area contributed by atoms with E-state index in [-0.39, 0.29) is 23.2 Å². The van der Waals surface area contributed by atoms with Gasteiger partial charge in [0.2, 0.25) is 5.91 Å². The Morgan fingerprint density at radius 1 is 0.778 bits per heavy atom. The highest BCUT2D eigenvalue weighted by Crippen LogP contribution is 2.20. The molecule has 3 aromatic carbocycles. The summed E-state index contributed by atoms with van der Waals surface area (Å²) in [4.78, 5) is 24.3. The molecule has 0 aliphatic heterocycles. The lowest BCUT2D eigenvalue weighted by atomic mass is 10.0. The molecule has 0 aliphatic carbocycles. The summed E-state index contributed by atoms with van der Waals surface area (Å²) < 4.78 is 0. The van der Waals surface area contributed by atoms with Gasteiger partial charge in [-0.05, 0) is 30.2 Å². The van der Waals surface area contributed by atoms with Gasteiger partial charge in [-0.3, -0.25) is 9.59 Å². The molecule has 27 heavy (non-hydrogen) atoms. The number of hydrogen-bond donors (Lipinski definition) is 1. The van der Waals surface area contributed by atoms with Crippen LogP contribution in [0.1, 0.15) is 15.9 Å². The van der Waals surface area contributed by atoms with Crippen LogP contribution in [-0.2, 0) is 4.79 Å². The van der Waals surface area contributed by atoms with Gasteiger partial charge in [0.25, 0.3) is 0 Å². The van der Waals surface area contributed by atoms with Gasteiger partial charge in [-0.25, -0.2) is 0 Å². The summed E-state index contributed by atoms with van der Waals surface area (Å²) in [7, 11) is 0. The zero-order valence-corrected chi connectivity index (χ0v) is 16.0. The molecule has 0 bridgehead atoms. The van der Waals surface area contributed by atoms with E-state index >= 15 is 0 Å². The van der Waals surface area contributed by atoms with Crippen LogP contribution in [0.15, 0.2) is 78.9 Å². The van der Waals surface area contributed by atoms with Gasteiger partial charge < -0.3 is 5.32 Å². The summed E-state index contributed by atoms with van der Waals surface area (Å²) >= 11 is 1.33. The molecule has 0 radical (unpaired) electrons. The van der Waals surface area contributed by atoms with Gasteiger partial charge in [-0.1, -0.05) is 72.3 Å². The van der Waals surface area contributed by atoms with Crippen LogP contribution < -0.4 is 5.32 Å². The molecule has 3 aromatic rings. The standard InChI is InChI=1S/C23H21NO2S/c1-17-7-13-21(14-8-17)24-23(26)16-27-15-22(25)20-11-9-19(10-12-20)18-5-3-2-4-6-18/h2-14H,15-16H2,1H3,(H,24,26). The summed E-state index contributed by atoms with van der Waals surface area (Å²) in [5.74, 6) is 0.465. The third-order valence-electron chi connectivity index (χ3n) is 4.12. The van der Waals surface area contributed by atoms with Crippen molar-refractivity contribution in [2.75, 3.05) is 16.8 Å². The number of carbonyl (C=O) groups is 2. The number of anilines is 1. The molecular weight excluding hydrogens is 354 g/mol. The Morgan fingerprint density at radius 2 is 1.41 bits per heavy atom. The number of benzene rings is 3. The molecule has 0 saturated heterocycles. The van der Waals surface area contributed by atoms with Crippen LogP contribution >= 0.6 is 11.8 Å². The fraction of sp³-hybridized carbons (Fsp3) is 0.130. The first-order chi connectivity index (χ1) is 13.1. The van der Waals surface area contributed by atoms with Crippen LogP contribution in [0.4, 0.5) is 5.69 Å². The predicted molar refractivity (Wildman–Crippen MR) is 113 cm³/mol. The van der Waals surface area contributed by atoms with Gasteiger partial charge in [0, 0.05) is 11.3 Å². The minimum Gasteiger partial charge on any atom is -0.325 e. The Hall–Kier alpha value is -2.85. The van der Waals surface area contributed by atoms with Crippen LogP contribution in [0.3, 0.4) is 0 Å². The molecule has 0 unspecified atom stereocenters. The van der Waals surface area contributed by atoms with Crippen molar-refractivity contribution in [1.29, 1.82) is 0 Å². The molecule has 0 spiro atoms. The van der Waals surface area contributed by atoms with Crippen LogP contribution in [0.5, 0.6) is 0 Å². The molecule has 0 fully saturated rings. The number of thioether (sulfide) groups is 1. The first kappa shape index (κ1) is 18.9. The molecule has 0 aliphatic rings. The van der Waals surface area contributed by atoms with E-state index in [1.54, 1.807) is 0 Å². The topological polar surface area (TPSA) is 46.2 Å². The van der Waals surface area contributed by atoms with Gasteiger partial charge in [0.1, 0.15) is 0 Å². The van der Waals surface area contributed by atoms with Gasteiger partial charge in [-0.2, -0.15) is 0 Å². The zero-order chi connectivity index (χ0) is 19.1. The second kappa shape index (κ2) is 9.19. The summed E-state index contributed by atoms with van der Waals surface area (Å²) in [6, 6.07) is 25.3. The highest BCUT2D eigenvalue weighted by Gasteiger charge is 2.09. The summed E-state index contributed by atoms with van der Waals surface area (Å²) in [6.45, 7) is 2.00. The predicted octanol–water partition coefficient (Wildman–Crippen LogP) is 5.22. The Kier molecular flexibility index (Phi) is 6.44. The largest absolute Gasteiger partial charge is 0.325 e. The first-order valence-corrected chi connectivity index (χ1v) is 9.90. The van der Waals surface area contributed by atoms with Crippen molar-refractivity contribution in [3.05, 3.63) is 90.0 Å². The number of amides is 1. The smallest absolute Gasteiger partial charge is 0.234 e. The van der Waals surface area contributed by atoms with Crippen molar-refractivity contribution >= 4 is 29.1 Å². The SMILES string of the molecule is Cc1ccc(NC(=O)CSCC(=O)c2ccc(-c3ccccc3)cc2)cc1. The molecule has 136 valence electrons. The minimum atomic E-state index is -0.101. The Labute approximate surface area is 163 Å².